The predicted octanol–water partition coefficient (Wildman–Crippen LogP) is 0.738. The van der Waals surface area contributed by atoms with Gasteiger partial charge in [-0.25, -0.2) is 9.59 Å². The van der Waals surface area contributed by atoms with Crippen molar-refractivity contribution in [2.24, 2.45) is 0 Å². The van der Waals surface area contributed by atoms with Gasteiger partial charge in [-0.1, -0.05) is 0 Å². The van der Waals surface area contributed by atoms with Gasteiger partial charge in [0.1, 0.15) is 5.70 Å². The molecule has 2 rings (SSSR count). The molecule has 0 bridgehead atoms. The molecule has 1 aromatic carbocycles. The number of esters is 2. The van der Waals surface area contributed by atoms with E-state index in [0.29, 0.717) is 5.69 Å². The number of piperazine rings is 1. The highest BCUT2D eigenvalue weighted by Crippen LogP contribution is 2.19. The van der Waals surface area contributed by atoms with Crippen LogP contribution in [0, 0.1) is 0 Å². The van der Waals surface area contributed by atoms with E-state index in [1.54, 1.807) is 0 Å². The van der Waals surface area contributed by atoms with E-state index in [0.717, 1.165) is 37.9 Å². The van der Waals surface area contributed by atoms with Crippen LogP contribution < -0.4 is 15.5 Å². The molecule has 7 heteroatoms. The van der Waals surface area contributed by atoms with Crippen LogP contribution in [0.2, 0.25) is 0 Å². The lowest BCUT2D eigenvalue weighted by Gasteiger charge is -2.29. The minimum absolute atomic E-state index is 0.0225. The van der Waals surface area contributed by atoms with E-state index in [9.17, 15) is 9.59 Å². The normalized spacial score (nSPS) is 15.0. The molecule has 1 heterocycles. The minimum Gasteiger partial charge on any atom is -0.466 e. The minimum atomic E-state index is -0.637. The van der Waals surface area contributed by atoms with Crippen LogP contribution in [0.15, 0.2) is 36.0 Å². The monoisotopic (exact) mass is 319 g/mol. The fraction of sp³-hybridized carbons (Fsp3) is 0.375. The highest BCUT2D eigenvalue weighted by Gasteiger charge is 2.14. The van der Waals surface area contributed by atoms with Crippen molar-refractivity contribution in [1.29, 1.82) is 0 Å². The van der Waals surface area contributed by atoms with Gasteiger partial charge in [-0.2, -0.15) is 0 Å². The molecule has 0 aromatic heterocycles. The van der Waals surface area contributed by atoms with Gasteiger partial charge in [-0.05, 0) is 24.3 Å². The Morgan fingerprint density at radius 3 is 2.35 bits per heavy atom. The number of ether oxygens (including phenoxy) is 2. The molecule has 1 aromatic rings. The first-order valence-corrected chi connectivity index (χ1v) is 7.34. The molecule has 0 radical (unpaired) electrons. The number of rotatable bonds is 5. The van der Waals surface area contributed by atoms with E-state index >= 15 is 0 Å². The Hall–Kier alpha value is -2.54. The van der Waals surface area contributed by atoms with Gasteiger partial charge >= 0.3 is 11.9 Å². The van der Waals surface area contributed by atoms with Gasteiger partial charge in [0.05, 0.1) is 20.3 Å². The lowest BCUT2D eigenvalue weighted by Crippen LogP contribution is -2.43. The Balaban J connectivity index is 2.09. The van der Waals surface area contributed by atoms with E-state index in [4.69, 9.17) is 0 Å². The fourth-order valence-corrected chi connectivity index (χ4v) is 2.27. The number of methoxy groups -OCH3 is 2. The van der Waals surface area contributed by atoms with Gasteiger partial charge in [0.25, 0.3) is 0 Å². The van der Waals surface area contributed by atoms with Crippen LogP contribution >= 0.6 is 0 Å². The molecule has 7 nitrogen and oxygen atoms in total. The molecule has 2 N–H and O–H groups in total. The van der Waals surface area contributed by atoms with Crippen LogP contribution in [0.4, 0.5) is 11.4 Å². The second-order valence-corrected chi connectivity index (χ2v) is 4.98. The maximum Gasteiger partial charge on any atom is 0.354 e. The Morgan fingerprint density at radius 1 is 1.13 bits per heavy atom. The topological polar surface area (TPSA) is 79.9 Å². The largest absolute Gasteiger partial charge is 0.466 e. The number of nitrogens with one attached hydrogen (secondary N) is 2. The van der Waals surface area contributed by atoms with E-state index in [1.165, 1.54) is 14.2 Å². The molecule has 0 amide bonds. The zero-order valence-electron chi connectivity index (χ0n) is 13.3. The van der Waals surface area contributed by atoms with Crippen molar-refractivity contribution in [2.45, 2.75) is 0 Å². The van der Waals surface area contributed by atoms with E-state index in [-0.39, 0.29) is 5.70 Å². The molecule has 0 unspecified atom stereocenters. The molecular weight excluding hydrogens is 298 g/mol. The molecule has 23 heavy (non-hydrogen) atoms. The van der Waals surface area contributed by atoms with Crippen molar-refractivity contribution >= 4 is 23.3 Å². The summed E-state index contributed by atoms with van der Waals surface area (Å²) in [6.45, 7) is 3.85. The van der Waals surface area contributed by atoms with Crippen molar-refractivity contribution in [1.82, 2.24) is 5.32 Å². The Kier molecular flexibility index (Phi) is 5.99. The molecule has 0 saturated carbocycles. The first-order valence-electron chi connectivity index (χ1n) is 7.34. The second kappa shape index (κ2) is 8.19. The molecule has 1 saturated heterocycles. The number of hydrogen-bond donors (Lipinski definition) is 2. The van der Waals surface area contributed by atoms with Gasteiger partial charge < -0.3 is 25.0 Å². The summed E-state index contributed by atoms with van der Waals surface area (Å²) in [5.41, 5.74) is 1.83. The van der Waals surface area contributed by atoms with Crippen molar-refractivity contribution in [3.8, 4) is 0 Å². The van der Waals surface area contributed by atoms with E-state index in [2.05, 4.69) is 25.0 Å². The Morgan fingerprint density at radius 2 is 1.78 bits per heavy atom. The van der Waals surface area contributed by atoms with Gasteiger partial charge in [-0.15, -0.1) is 0 Å². The van der Waals surface area contributed by atoms with Crippen LogP contribution in [0.1, 0.15) is 0 Å². The number of benzene rings is 1. The highest BCUT2D eigenvalue weighted by molar-refractivity contribution is 5.98. The first-order chi connectivity index (χ1) is 11.1. The number of anilines is 2. The number of hydrogen-bond acceptors (Lipinski definition) is 7. The number of nitrogens with zero attached hydrogens (tertiary/aromatic N) is 1. The van der Waals surface area contributed by atoms with Crippen LogP contribution in [0.5, 0.6) is 0 Å². The van der Waals surface area contributed by atoms with Crippen molar-refractivity contribution in [2.75, 3.05) is 50.6 Å². The van der Waals surface area contributed by atoms with Crippen LogP contribution in [-0.2, 0) is 19.1 Å². The van der Waals surface area contributed by atoms with Crippen molar-refractivity contribution in [3.63, 3.8) is 0 Å². The zero-order valence-corrected chi connectivity index (χ0v) is 13.3. The summed E-state index contributed by atoms with van der Waals surface area (Å²) in [7, 11) is 2.50. The molecule has 0 spiro atoms. The summed E-state index contributed by atoms with van der Waals surface area (Å²) in [6, 6.07) is 7.65. The standard InChI is InChI=1S/C16H21N3O4/c1-22-15(20)11-14(16(21)23-2)18-12-3-5-13(6-4-12)19-9-7-17-8-10-19/h3-6,11,17-18H,7-10H2,1-2H3/b14-11+. The Labute approximate surface area is 135 Å². The molecule has 0 aliphatic carbocycles. The lowest BCUT2D eigenvalue weighted by molar-refractivity contribution is -0.138. The second-order valence-electron chi connectivity index (χ2n) is 4.98. The fourth-order valence-electron chi connectivity index (χ4n) is 2.27. The number of carbonyl (C=O) groups is 2. The molecule has 1 aliphatic rings. The molecule has 1 aliphatic heterocycles. The van der Waals surface area contributed by atoms with Crippen LogP contribution in [0.25, 0.3) is 0 Å². The third kappa shape index (κ3) is 4.72. The van der Waals surface area contributed by atoms with E-state index in [1.807, 2.05) is 24.3 Å². The summed E-state index contributed by atoms with van der Waals surface area (Å²) < 4.78 is 9.19. The van der Waals surface area contributed by atoms with Crippen LogP contribution in [-0.4, -0.2) is 52.3 Å². The first kappa shape index (κ1) is 16.8. The average Bonchev–Trinajstić information content (AvgIpc) is 2.61. The highest BCUT2D eigenvalue weighted by atomic mass is 16.5. The SMILES string of the molecule is COC(=O)/C=C(/Nc1ccc(N2CCNCC2)cc1)C(=O)OC. The van der Waals surface area contributed by atoms with Gasteiger partial charge in [0.15, 0.2) is 0 Å². The summed E-state index contributed by atoms with van der Waals surface area (Å²) >= 11 is 0. The molecule has 124 valence electrons. The summed E-state index contributed by atoms with van der Waals surface area (Å²) in [6.07, 6.45) is 1.07. The van der Waals surface area contributed by atoms with Crippen molar-refractivity contribution < 1.29 is 19.1 Å². The molecule has 0 atom stereocenters. The Bertz CT molecular complexity index is 577. The van der Waals surface area contributed by atoms with Crippen LogP contribution in [0.3, 0.4) is 0 Å². The third-order valence-electron chi connectivity index (χ3n) is 3.50. The predicted molar refractivity (Wildman–Crippen MR) is 87.3 cm³/mol. The van der Waals surface area contributed by atoms with Crippen molar-refractivity contribution in [3.05, 3.63) is 36.0 Å². The average molecular weight is 319 g/mol. The maximum absolute atomic E-state index is 11.7. The van der Waals surface area contributed by atoms with E-state index < -0.39 is 11.9 Å². The van der Waals surface area contributed by atoms with Gasteiger partial charge in [-0.3, -0.25) is 0 Å². The quantitative estimate of drug-likeness (QED) is 0.612. The van der Waals surface area contributed by atoms with Gasteiger partial charge in [0.2, 0.25) is 0 Å². The maximum atomic E-state index is 11.7. The summed E-state index contributed by atoms with van der Waals surface area (Å²) in [5, 5.41) is 6.19. The lowest BCUT2D eigenvalue weighted by atomic mass is 10.2. The summed E-state index contributed by atoms with van der Waals surface area (Å²) in [5.74, 6) is -1.27. The zero-order chi connectivity index (χ0) is 16.7. The smallest absolute Gasteiger partial charge is 0.354 e. The summed E-state index contributed by atoms with van der Waals surface area (Å²) in [4.78, 5) is 25.3. The molecule has 1 fully saturated rings. The van der Waals surface area contributed by atoms with Gasteiger partial charge in [0, 0.05) is 37.6 Å². The third-order valence-corrected chi connectivity index (χ3v) is 3.50. The number of carbonyl (C=O) groups excluding carboxylic acids is 2. The molecular formula is C16H21N3O4.